The summed E-state index contributed by atoms with van der Waals surface area (Å²) in [7, 11) is 0. The largest absolute Gasteiger partial charge is 0.501 e. The van der Waals surface area contributed by atoms with Gasteiger partial charge in [-0.15, -0.1) is 11.3 Å². The molecule has 0 bridgehead atoms. The van der Waals surface area contributed by atoms with E-state index >= 15 is 0 Å². The number of rotatable bonds is 5. The smallest absolute Gasteiger partial charge is 0.289 e. The average molecular weight is 404 g/mol. The molecular formula is C19H16ClN2O2S2+. The fraction of sp³-hybridized carbons (Fsp3) is 0.0526. The predicted octanol–water partition coefficient (Wildman–Crippen LogP) is 4.50. The van der Waals surface area contributed by atoms with Gasteiger partial charge in [-0.3, -0.25) is 0 Å². The van der Waals surface area contributed by atoms with Crippen molar-refractivity contribution in [2.45, 2.75) is 6.61 Å². The van der Waals surface area contributed by atoms with Crippen molar-refractivity contribution in [3.8, 4) is 0 Å². The quantitative estimate of drug-likeness (QED) is 0.254. The van der Waals surface area contributed by atoms with Gasteiger partial charge < -0.3 is 15.5 Å². The summed E-state index contributed by atoms with van der Waals surface area (Å²) in [6.45, 7) is -0.109. The maximum Gasteiger partial charge on any atom is 0.289 e. The lowest BCUT2D eigenvalue weighted by molar-refractivity contribution is -0.576. The molecule has 26 heavy (non-hydrogen) atoms. The molecule has 0 aliphatic rings. The van der Waals surface area contributed by atoms with E-state index in [4.69, 9.17) is 23.8 Å². The van der Waals surface area contributed by atoms with Crippen molar-refractivity contribution in [2.24, 2.45) is 0 Å². The van der Waals surface area contributed by atoms with Crippen LogP contribution in [0.3, 0.4) is 0 Å². The minimum absolute atomic E-state index is 0.0552. The van der Waals surface area contributed by atoms with E-state index in [2.05, 4.69) is 5.32 Å². The number of aliphatic hydroxyl groups is 2. The number of thiocarbonyl (C=S) groups is 1. The second-order valence-electron chi connectivity index (χ2n) is 5.42. The Kier molecular flexibility index (Phi) is 6.00. The van der Waals surface area contributed by atoms with Gasteiger partial charge in [-0.2, -0.15) is 4.57 Å². The lowest BCUT2D eigenvalue weighted by atomic mass is 10.2. The predicted molar refractivity (Wildman–Crippen MR) is 110 cm³/mol. The summed E-state index contributed by atoms with van der Waals surface area (Å²) in [4.78, 5) is 1.02. The summed E-state index contributed by atoms with van der Waals surface area (Å²) in [5.41, 5.74) is 1.84. The van der Waals surface area contributed by atoms with Gasteiger partial charge in [0.15, 0.2) is 17.4 Å². The molecule has 2 heterocycles. The molecule has 0 saturated carbocycles. The van der Waals surface area contributed by atoms with Crippen LogP contribution in [0.25, 0.3) is 11.5 Å². The molecule has 3 rings (SSSR count). The summed E-state index contributed by atoms with van der Waals surface area (Å²) < 4.78 is 1.69. The Morgan fingerprint density at radius 2 is 2.04 bits per heavy atom. The molecule has 3 aromatic rings. The Morgan fingerprint density at radius 3 is 2.73 bits per heavy atom. The molecule has 0 aliphatic heterocycles. The first-order valence-electron chi connectivity index (χ1n) is 7.74. The molecule has 1 aromatic carbocycles. The summed E-state index contributed by atoms with van der Waals surface area (Å²) in [6.07, 6.45) is 3.50. The Morgan fingerprint density at radius 1 is 1.19 bits per heavy atom. The van der Waals surface area contributed by atoms with E-state index in [-0.39, 0.29) is 12.4 Å². The highest BCUT2D eigenvalue weighted by Gasteiger charge is 2.24. The molecular weight excluding hydrogens is 388 g/mol. The third kappa shape index (κ3) is 4.28. The van der Waals surface area contributed by atoms with Crippen molar-refractivity contribution >= 4 is 57.3 Å². The van der Waals surface area contributed by atoms with Crippen LogP contribution in [0.1, 0.15) is 10.4 Å². The molecule has 0 atom stereocenters. The Bertz CT molecular complexity index is 956. The van der Waals surface area contributed by atoms with E-state index in [0.717, 1.165) is 5.69 Å². The number of aromatic nitrogens is 1. The molecule has 0 fully saturated rings. The minimum atomic E-state index is -0.109. The third-order valence-corrected chi connectivity index (χ3v) is 4.99. The molecule has 0 spiro atoms. The number of halogens is 1. The molecule has 0 saturated heterocycles. The van der Waals surface area contributed by atoms with Crippen molar-refractivity contribution in [1.29, 1.82) is 0 Å². The van der Waals surface area contributed by atoms with Gasteiger partial charge in [0, 0.05) is 22.3 Å². The van der Waals surface area contributed by atoms with Crippen LogP contribution in [0.2, 0.25) is 5.02 Å². The van der Waals surface area contributed by atoms with Crippen LogP contribution in [0, 0.1) is 0 Å². The lowest BCUT2D eigenvalue weighted by Crippen LogP contribution is -2.38. The Hall–Kier alpha value is -2.25. The molecule has 3 N–H and O–H groups in total. The monoisotopic (exact) mass is 403 g/mol. The van der Waals surface area contributed by atoms with E-state index in [1.807, 2.05) is 29.6 Å². The number of hydrogen-bond acceptors (Lipinski definition) is 4. The second kappa shape index (κ2) is 8.42. The minimum Gasteiger partial charge on any atom is -0.501 e. The zero-order valence-electron chi connectivity index (χ0n) is 13.6. The van der Waals surface area contributed by atoms with E-state index in [1.54, 1.807) is 41.2 Å². The SMILES string of the molecule is OCc1ccc[n+](/C(C(=S)Nc2cccc(Cl)c2)=C(\O)c2cccs2)c1. The number of thiophene rings is 1. The normalized spacial score (nSPS) is 11.8. The van der Waals surface area contributed by atoms with E-state index < -0.39 is 0 Å². The molecule has 4 nitrogen and oxygen atoms in total. The van der Waals surface area contributed by atoms with Crippen molar-refractivity contribution in [3.05, 3.63) is 81.8 Å². The Labute approximate surface area is 165 Å². The number of aliphatic hydroxyl groups excluding tert-OH is 2. The molecule has 132 valence electrons. The van der Waals surface area contributed by atoms with Gasteiger partial charge in [0.2, 0.25) is 5.76 Å². The molecule has 7 heteroatoms. The molecule has 0 unspecified atom stereocenters. The van der Waals surface area contributed by atoms with Crippen LogP contribution in [-0.4, -0.2) is 15.2 Å². The standard InChI is InChI=1S/C19H15ClN2O2S2/c20-14-5-1-6-15(10-14)21-19(25)17(18(24)16-7-3-9-26-16)22-8-2-4-13(11-22)12-23/h1-11,23H,12H2,(H-,21,24,25)/p+1. The van der Waals surface area contributed by atoms with Crippen molar-refractivity contribution in [1.82, 2.24) is 0 Å². The van der Waals surface area contributed by atoms with Crippen LogP contribution < -0.4 is 9.88 Å². The topological polar surface area (TPSA) is 56.4 Å². The number of nitrogens with zero attached hydrogens (tertiary/aromatic N) is 1. The molecule has 0 amide bonds. The molecule has 0 radical (unpaired) electrons. The van der Waals surface area contributed by atoms with Gasteiger partial charge in [0.05, 0.1) is 11.5 Å². The summed E-state index contributed by atoms with van der Waals surface area (Å²) in [6, 6.07) is 14.4. The maximum atomic E-state index is 10.8. The van der Waals surface area contributed by atoms with Crippen LogP contribution in [0.4, 0.5) is 5.69 Å². The second-order valence-corrected chi connectivity index (χ2v) is 7.21. The molecule has 0 aliphatic carbocycles. The maximum absolute atomic E-state index is 10.8. The van der Waals surface area contributed by atoms with Gasteiger partial charge >= 0.3 is 0 Å². The first kappa shape index (κ1) is 18.5. The number of benzene rings is 1. The third-order valence-electron chi connectivity index (χ3n) is 3.58. The van der Waals surface area contributed by atoms with Crippen LogP contribution in [0.5, 0.6) is 0 Å². The van der Waals surface area contributed by atoms with Crippen molar-refractivity contribution in [2.75, 3.05) is 5.32 Å². The fourth-order valence-electron chi connectivity index (χ4n) is 2.39. The summed E-state index contributed by atoms with van der Waals surface area (Å²) in [5.74, 6) is 0.0552. The van der Waals surface area contributed by atoms with Crippen molar-refractivity contribution < 1.29 is 14.8 Å². The summed E-state index contributed by atoms with van der Waals surface area (Å²) in [5, 5.41) is 25.8. The summed E-state index contributed by atoms with van der Waals surface area (Å²) >= 11 is 13.0. The average Bonchev–Trinajstić information content (AvgIpc) is 3.17. The van der Waals surface area contributed by atoms with Crippen LogP contribution >= 0.6 is 35.2 Å². The van der Waals surface area contributed by atoms with Gasteiger partial charge in [-0.1, -0.05) is 36.0 Å². The highest BCUT2D eigenvalue weighted by Crippen LogP contribution is 2.23. The van der Waals surface area contributed by atoms with Gasteiger partial charge in [-0.25, -0.2) is 0 Å². The van der Waals surface area contributed by atoms with Crippen molar-refractivity contribution in [3.63, 3.8) is 0 Å². The van der Waals surface area contributed by atoms with E-state index in [9.17, 15) is 10.2 Å². The number of nitrogens with one attached hydrogen (secondary N) is 1. The fourth-order valence-corrected chi connectivity index (χ4v) is 3.57. The van der Waals surface area contributed by atoms with Crippen LogP contribution in [-0.2, 0) is 6.61 Å². The van der Waals surface area contributed by atoms with E-state index in [1.165, 1.54) is 11.3 Å². The van der Waals surface area contributed by atoms with Gasteiger partial charge in [-0.05, 0) is 35.7 Å². The first-order valence-corrected chi connectivity index (χ1v) is 9.40. The zero-order chi connectivity index (χ0) is 18.5. The van der Waals surface area contributed by atoms with Gasteiger partial charge in [0.25, 0.3) is 5.70 Å². The Balaban J connectivity index is 2.05. The first-order chi connectivity index (χ1) is 12.6. The van der Waals surface area contributed by atoms with Gasteiger partial charge in [0.1, 0.15) is 0 Å². The van der Waals surface area contributed by atoms with E-state index in [0.29, 0.717) is 26.1 Å². The van der Waals surface area contributed by atoms with Crippen LogP contribution in [0.15, 0.2) is 66.3 Å². The number of pyridine rings is 1. The lowest BCUT2D eigenvalue weighted by Gasteiger charge is -2.10. The highest BCUT2D eigenvalue weighted by atomic mass is 35.5. The molecule has 2 aromatic heterocycles. The zero-order valence-corrected chi connectivity index (χ0v) is 16.0. The highest BCUT2D eigenvalue weighted by molar-refractivity contribution is 7.81. The number of anilines is 1. The number of hydrogen-bond donors (Lipinski definition) is 3.